The van der Waals surface area contributed by atoms with Crippen LogP contribution >= 0.6 is 0 Å². The standard InChI is InChI=1S/C37H58N8O11/c1-20(2)15-23(38)36(54)45-14-8-11-29(45)35(53)41-25(17-22-9-6-5-7-10-22)32(50)43-28(19-47)34(52)44-27(18-46)33(51)40-24(12-13-30(39)48)31(49)42-26(37(55)56)16-21(3)4/h5-7,9-10,20-21,23-29,46-47H,8,11-19,38H2,1-4H3,(H2,39,48)(H,40,51)(H,41,53)(H,42,49)(H,43,50)(H,44,52)(H,55,56)/t23-,24-,25-,26-,27-,28-,29-/m0/s1. The molecule has 1 saturated heterocycles. The predicted octanol–water partition coefficient (Wildman–Crippen LogP) is -2.60. The number of aliphatic hydroxyl groups is 2. The summed E-state index contributed by atoms with van der Waals surface area (Å²) in [6, 6.07) is -0.613. The highest BCUT2D eigenvalue weighted by atomic mass is 16.4. The van der Waals surface area contributed by atoms with Crippen LogP contribution in [0.5, 0.6) is 0 Å². The molecule has 0 aromatic heterocycles. The molecule has 12 N–H and O–H groups in total. The summed E-state index contributed by atoms with van der Waals surface area (Å²) in [5.74, 6) is -7.17. The highest BCUT2D eigenvalue weighted by molar-refractivity contribution is 5.97. The zero-order chi connectivity index (χ0) is 42.1. The van der Waals surface area contributed by atoms with Gasteiger partial charge >= 0.3 is 5.97 Å². The van der Waals surface area contributed by atoms with Gasteiger partial charge in [-0.25, -0.2) is 4.79 Å². The fourth-order valence-corrected chi connectivity index (χ4v) is 6.18. The van der Waals surface area contributed by atoms with Gasteiger partial charge in [-0.2, -0.15) is 0 Å². The van der Waals surface area contributed by atoms with Gasteiger partial charge in [0.05, 0.1) is 19.3 Å². The van der Waals surface area contributed by atoms with Gasteiger partial charge in [0.15, 0.2) is 0 Å². The largest absolute Gasteiger partial charge is 0.480 e. The molecule has 7 atom stereocenters. The molecular formula is C37H58N8O11. The number of carbonyl (C=O) groups is 8. The van der Waals surface area contributed by atoms with Crippen molar-refractivity contribution in [2.24, 2.45) is 23.3 Å². The Morgan fingerprint density at radius 3 is 1.73 bits per heavy atom. The van der Waals surface area contributed by atoms with Crippen molar-refractivity contribution >= 4 is 47.3 Å². The van der Waals surface area contributed by atoms with Crippen LogP contribution in [-0.4, -0.2) is 130 Å². The molecule has 56 heavy (non-hydrogen) atoms. The van der Waals surface area contributed by atoms with Crippen molar-refractivity contribution in [3.8, 4) is 0 Å². The number of benzene rings is 1. The zero-order valence-corrected chi connectivity index (χ0v) is 32.4. The topological polar surface area (TPSA) is 313 Å². The van der Waals surface area contributed by atoms with Gasteiger partial charge in [-0.05, 0) is 49.5 Å². The molecule has 1 aromatic carbocycles. The van der Waals surface area contributed by atoms with Crippen LogP contribution in [0.25, 0.3) is 0 Å². The molecular weight excluding hydrogens is 732 g/mol. The summed E-state index contributed by atoms with van der Waals surface area (Å²) in [5, 5.41) is 41.5. The van der Waals surface area contributed by atoms with Gasteiger partial charge in [-0.15, -0.1) is 0 Å². The van der Waals surface area contributed by atoms with Crippen LogP contribution in [0.1, 0.15) is 71.8 Å². The molecule has 0 spiro atoms. The Kier molecular flexibility index (Phi) is 19.4. The molecule has 0 saturated carbocycles. The second-order valence-corrected chi connectivity index (χ2v) is 14.8. The van der Waals surface area contributed by atoms with Crippen molar-refractivity contribution in [3.05, 3.63) is 35.9 Å². The number of aliphatic hydroxyl groups excluding tert-OH is 2. The molecule has 1 aromatic rings. The summed E-state index contributed by atoms with van der Waals surface area (Å²) in [4.78, 5) is 105. The van der Waals surface area contributed by atoms with Crippen molar-refractivity contribution < 1.29 is 53.7 Å². The maximum atomic E-state index is 13.7. The Balaban J connectivity index is 2.21. The van der Waals surface area contributed by atoms with E-state index in [0.29, 0.717) is 31.4 Å². The number of hydrogen-bond acceptors (Lipinski definition) is 11. The molecule has 19 heteroatoms. The van der Waals surface area contributed by atoms with Crippen molar-refractivity contribution in [2.75, 3.05) is 19.8 Å². The van der Waals surface area contributed by atoms with Gasteiger partial charge in [0, 0.05) is 19.4 Å². The first-order chi connectivity index (χ1) is 26.4. The Morgan fingerprint density at radius 1 is 0.732 bits per heavy atom. The molecule has 19 nitrogen and oxygen atoms in total. The molecule has 7 amide bonds. The van der Waals surface area contributed by atoms with E-state index in [1.807, 2.05) is 13.8 Å². The van der Waals surface area contributed by atoms with Crippen LogP contribution in [0.2, 0.25) is 0 Å². The number of aliphatic carboxylic acids is 1. The lowest BCUT2D eigenvalue weighted by Crippen LogP contribution is -2.61. The maximum Gasteiger partial charge on any atom is 0.326 e. The van der Waals surface area contributed by atoms with E-state index >= 15 is 0 Å². The van der Waals surface area contributed by atoms with Crippen LogP contribution in [-0.2, 0) is 44.8 Å². The smallest absolute Gasteiger partial charge is 0.326 e. The van der Waals surface area contributed by atoms with Gasteiger partial charge < -0.3 is 58.3 Å². The second kappa shape index (κ2) is 23.1. The number of nitrogens with two attached hydrogens (primary N) is 2. The van der Waals surface area contributed by atoms with Crippen LogP contribution in [0.3, 0.4) is 0 Å². The summed E-state index contributed by atoms with van der Waals surface area (Å²) in [7, 11) is 0. The van der Waals surface area contributed by atoms with Crippen LogP contribution in [0.4, 0.5) is 0 Å². The molecule has 1 aliphatic heterocycles. The van der Waals surface area contributed by atoms with E-state index in [1.165, 1.54) is 4.90 Å². The van der Waals surface area contributed by atoms with Gasteiger partial charge in [0.2, 0.25) is 41.4 Å². The number of carboxylic acid groups (broad SMARTS) is 1. The van der Waals surface area contributed by atoms with Gasteiger partial charge in [0.1, 0.15) is 36.3 Å². The fraction of sp³-hybridized carbons (Fsp3) is 0.622. The molecule has 2 rings (SSSR count). The normalized spacial score (nSPS) is 17.2. The summed E-state index contributed by atoms with van der Waals surface area (Å²) in [6.07, 6.45) is 0.595. The quantitative estimate of drug-likeness (QED) is 0.0546. The Morgan fingerprint density at radius 2 is 1.23 bits per heavy atom. The number of likely N-dealkylation sites (tertiary alicyclic amines) is 1. The highest BCUT2D eigenvalue weighted by Gasteiger charge is 2.38. The molecule has 312 valence electrons. The van der Waals surface area contributed by atoms with Crippen LogP contribution < -0.4 is 38.1 Å². The van der Waals surface area contributed by atoms with Crippen molar-refractivity contribution in [3.63, 3.8) is 0 Å². The van der Waals surface area contributed by atoms with Crippen molar-refractivity contribution in [1.82, 2.24) is 31.5 Å². The van der Waals surface area contributed by atoms with E-state index in [4.69, 9.17) is 11.5 Å². The van der Waals surface area contributed by atoms with E-state index in [-0.39, 0.29) is 43.4 Å². The first kappa shape index (κ1) is 47.0. The fourth-order valence-electron chi connectivity index (χ4n) is 6.18. The number of amides is 7. The Labute approximate surface area is 326 Å². The number of carbonyl (C=O) groups excluding carboxylic acids is 7. The number of hydrogen-bond donors (Lipinski definition) is 10. The van der Waals surface area contributed by atoms with Gasteiger partial charge in [0.25, 0.3) is 0 Å². The first-order valence-electron chi connectivity index (χ1n) is 18.7. The summed E-state index contributed by atoms with van der Waals surface area (Å²) in [6.45, 7) is 5.65. The molecule has 0 unspecified atom stereocenters. The number of nitrogens with one attached hydrogen (secondary N) is 5. The monoisotopic (exact) mass is 790 g/mol. The number of primary amides is 1. The Bertz CT molecular complexity index is 1530. The highest BCUT2D eigenvalue weighted by Crippen LogP contribution is 2.20. The second-order valence-electron chi connectivity index (χ2n) is 14.8. The number of rotatable bonds is 23. The van der Waals surface area contributed by atoms with E-state index in [0.717, 1.165) is 0 Å². The van der Waals surface area contributed by atoms with Crippen molar-refractivity contribution in [2.45, 2.75) is 115 Å². The van der Waals surface area contributed by atoms with E-state index in [1.54, 1.807) is 44.2 Å². The first-order valence-corrected chi connectivity index (χ1v) is 18.7. The average Bonchev–Trinajstić information content (AvgIpc) is 3.63. The third-order valence-electron chi connectivity index (χ3n) is 9.06. The lowest BCUT2D eigenvalue weighted by molar-refractivity contribution is -0.143. The number of nitrogens with zero attached hydrogens (tertiary/aromatic N) is 1. The molecule has 0 bridgehead atoms. The third kappa shape index (κ3) is 15.2. The molecule has 1 fully saturated rings. The van der Waals surface area contributed by atoms with E-state index < -0.39 is 96.9 Å². The molecule has 0 radical (unpaired) electrons. The summed E-state index contributed by atoms with van der Waals surface area (Å²) >= 11 is 0. The zero-order valence-electron chi connectivity index (χ0n) is 32.4. The van der Waals surface area contributed by atoms with Crippen LogP contribution in [0.15, 0.2) is 30.3 Å². The minimum Gasteiger partial charge on any atom is -0.480 e. The van der Waals surface area contributed by atoms with Crippen LogP contribution in [0, 0.1) is 11.8 Å². The number of carboxylic acids is 1. The van der Waals surface area contributed by atoms with Gasteiger partial charge in [-0.1, -0.05) is 58.0 Å². The third-order valence-corrected chi connectivity index (χ3v) is 9.06. The Hall–Kier alpha value is -5.14. The summed E-state index contributed by atoms with van der Waals surface area (Å²) in [5.41, 5.74) is 12.0. The minimum atomic E-state index is -1.74. The maximum absolute atomic E-state index is 13.7. The van der Waals surface area contributed by atoms with Gasteiger partial charge in [-0.3, -0.25) is 33.6 Å². The summed E-state index contributed by atoms with van der Waals surface area (Å²) < 4.78 is 0. The van der Waals surface area contributed by atoms with E-state index in [9.17, 15) is 53.7 Å². The molecule has 1 heterocycles. The lowest BCUT2D eigenvalue weighted by Gasteiger charge is -2.29. The lowest BCUT2D eigenvalue weighted by atomic mass is 10.0. The SMILES string of the molecule is CC(C)C[C@H](NC(=O)[C@H](CCC(N)=O)NC(=O)[C@H](CO)NC(=O)[C@H](CO)NC(=O)[C@H](Cc1ccccc1)NC(=O)[C@@H]1CCCN1C(=O)[C@@H](N)CC(C)C)C(=O)O. The van der Waals surface area contributed by atoms with Crippen molar-refractivity contribution in [1.29, 1.82) is 0 Å². The molecule has 0 aliphatic carbocycles. The predicted molar refractivity (Wildman–Crippen MR) is 202 cm³/mol. The average molecular weight is 791 g/mol. The molecule has 1 aliphatic rings. The van der Waals surface area contributed by atoms with E-state index in [2.05, 4.69) is 26.6 Å². The minimum absolute atomic E-state index is 0.0396.